The molecule has 0 spiro atoms. The lowest BCUT2D eigenvalue weighted by molar-refractivity contribution is -0.137. The molecule has 2 aromatic carbocycles. The highest BCUT2D eigenvalue weighted by molar-refractivity contribution is 5.97. The summed E-state index contributed by atoms with van der Waals surface area (Å²) in [5, 5.41) is 0. The Morgan fingerprint density at radius 2 is 1.60 bits per heavy atom. The fourth-order valence-electron chi connectivity index (χ4n) is 1.69. The molecule has 0 atom stereocenters. The van der Waals surface area contributed by atoms with Crippen LogP contribution < -0.4 is 4.74 Å². The van der Waals surface area contributed by atoms with Gasteiger partial charge in [-0.05, 0) is 29.8 Å². The second-order valence-corrected chi connectivity index (χ2v) is 4.15. The predicted molar refractivity (Wildman–Crippen MR) is 73.6 cm³/mol. The molecule has 0 fully saturated rings. The molecular weight excluding hydrogens is 256 g/mol. The topological polar surface area (TPSA) is 52.6 Å². The Balaban J connectivity index is 1.95. The van der Waals surface area contributed by atoms with Gasteiger partial charge in [-0.2, -0.15) is 0 Å². The van der Waals surface area contributed by atoms with Crippen LogP contribution in [-0.2, 0) is 16.0 Å². The molecule has 0 aliphatic carbocycles. The molecule has 4 nitrogen and oxygen atoms in total. The molecule has 0 aliphatic heterocycles. The van der Waals surface area contributed by atoms with E-state index in [2.05, 4.69) is 0 Å². The first kappa shape index (κ1) is 13.8. The Hall–Kier alpha value is -2.62. The Morgan fingerprint density at radius 3 is 2.20 bits per heavy atom. The monoisotopic (exact) mass is 270 g/mol. The number of benzene rings is 2. The van der Waals surface area contributed by atoms with Gasteiger partial charge in [0.1, 0.15) is 5.75 Å². The molecule has 0 heterocycles. The van der Waals surface area contributed by atoms with E-state index in [9.17, 15) is 9.59 Å². The van der Waals surface area contributed by atoms with Crippen LogP contribution in [0.3, 0.4) is 0 Å². The molecule has 0 amide bonds. The van der Waals surface area contributed by atoms with E-state index in [0.29, 0.717) is 11.3 Å². The van der Waals surface area contributed by atoms with E-state index < -0.39 is 11.9 Å². The normalized spacial score (nSPS) is 9.85. The summed E-state index contributed by atoms with van der Waals surface area (Å²) in [6, 6.07) is 15.5. The van der Waals surface area contributed by atoms with E-state index in [0.717, 1.165) is 5.56 Å². The van der Waals surface area contributed by atoms with Crippen molar-refractivity contribution in [3.63, 3.8) is 0 Å². The summed E-state index contributed by atoms with van der Waals surface area (Å²) in [4.78, 5) is 23.4. The van der Waals surface area contributed by atoms with E-state index >= 15 is 0 Å². The van der Waals surface area contributed by atoms with E-state index in [1.54, 1.807) is 36.4 Å². The van der Waals surface area contributed by atoms with Crippen molar-refractivity contribution < 1.29 is 19.1 Å². The molecule has 0 N–H and O–H groups in total. The van der Waals surface area contributed by atoms with Gasteiger partial charge in [-0.15, -0.1) is 0 Å². The SMILES string of the molecule is COc1ccc(C(=O)OC(=O)Cc2ccccc2)cc1. The van der Waals surface area contributed by atoms with Gasteiger partial charge in [-0.1, -0.05) is 30.3 Å². The highest BCUT2D eigenvalue weighted by atomic mass is 16.6. The van der Waals surface area contributed by atoms with Crippen LogP contribution in [0.15, 0.2) is 54.6 Å². The van der Waals surface area contributed by atoms with Crippen molar-refractivity contribution in [1.29, 1.82) is 0 Å². The highest BCUT2D eigenvalue weighted by Gasteiger charge is 2.13. The molecule has 0 saturated carbocycles. The molecule has 102 valence electrons. The average Bonchev–Trinajstić information content (AvgIpc) is 2.48. The number of hydrogen-bond acceptors (Lipinski definition) is 4. The average molecular weight is 270 g/mol. The first-order chi connectivity index (χ1) is 9.69. The third-order valence-corrected chi connectivity index (χ3v) is 2.72. The van der Waals surface area contributed by atoms with Crippen molar-refractivity contribution in [2.24, 2.45) is 0 Å². The molecular formula is C16H14O4. The van der Waals surface area contributed by atoms with Crippen molar-refractivity contribution in [1.82, 2.24) is 0 Å². The van der Waals surface area contributed by atoms with Gasteiger partial charge in [0.15, 0.2) is 0 Å². The second-order valence-electron chi connectivity index (χ2n) is 4.15. The molecule has 2 aromatic rings. The Labute approximate surface area is 116 Å². The number of rotatable bonds is 4. The first-order valence-corrected chi connectivity index (χ1v) is 6.12. The van der Waals surface area contributed by atoms with E-state index in [-0.39, 0.29) is 6.42 Å². The van der Waals surface area contributed by atoms with Crippen molar-refractivity contribution in [3.05, 3.63) is 65.7 Å². The lowest BCUT2D eigenvalue weighted by atomic mass is 10.1. The van der Waals surface area contributed by atoms with Gasteiger partial charge in [0.05, 0.1) is 19.1 Å². The minimum absolute atomic E-state index is 0.0722. The third kappa shape index (κ3) is 3.68. The van der Waals surface area contributed by atoms with Crippen LogP contribution in [0, 0.1) is 0 Å². The summed E-state index contributed by atoms with van der Waals surface area (Å²) in [5.74, 6) is -0.595. The zero-order valence-electron chi connectivity index (χ0n) is 11.0. The minimum atomic E-state index is -0.659. The summed E-state index contributed by atoms with van der Waals surface area (Å²) in [5.41, 5.74) is 1.12. The number of esters is 2. The van der Waals surface area contributed by atoms with Gasteiger partial charge in [0.2, 0.25) is 0 Å². The maximum absolute atomic E-state index is 11.8. The van der Waals surface area contributed by atoms with Crippen LogP contribution in [0.2, 0.25) is 0 Å². The van der Waals surface area contributed by atoms with Crippen LogP contribution in [0.25, 0.3) is 0 Å². The molecule has 2 rings (SSSR count). The number of carbonyl (C=O) groups excluding carboxylic acids is 2. The van der Waals surface area contributed by atoms with Crippen molar-refractivity contribution in [2.45, 2.75) is 6.42 Å². The van der Waals surface area contributed by atoms with Gasteiger partial charge < -0.3 is 9.47 Å². The Morgan fingerprint density at radius 1 is 0.950 bits per heavy atom. The number of ether oxygens (including phenoxy) is 2. The summed E-state index contributed by atoms with van der Waals surface area (Å²) >= 11 is 0. The molecule has 0 aromatic heterocycles. The fourth-order valence-corrected chi connectivity index (χ4v) is 1.69. The van der Waals surface area contributed by atoms with Crippen molar-refractivity contribution >= 4 is 11.9 Å². The molecule has 0 saturated heterocycles. The molecule has 0 radical (unpaired) electrons. The van der Waals surface area contributed by atoms with Crippen LogP contribution in [0.5, 0.6) is 5.75 Å². The van der Waals surface area contributed by atoms with E-state index in [1.807, 2.05) is 18.2 Å². The maximum Gasteiger partial charge on any atom is 0.345 e. The lowest BCUT2D eigenvalue weighted by Crippen LogP contribution is -2.14. The number of methoxy groups -OCH3 is 1. The van der Waals surface area contributed by atoms with Crippen molar-refractivity contribution in [3.8, 4) is 5.75 Å². The molecule has 0 unspecified atom stereocenters. The van der Waals surface area contributed by atoms with Gasteiger partial charge in [-0.3, -0.25) is 4.79 Å². The van der Waals surface area contributed by atoms with Crippen molar-refractivity contribution in [2.75, 3.05) is 7.11 Å². The van der Waals surface area contributed by atoms with Crippen LogP contribution in [-0.4, -0.2) is 19.0 Å². The maximum atomic E-state index is 11.8. The van der Waals surface area contributed by atoms with Crippen LogP contribution in [0.4, 0.5) is 0 Å². The largest absolute Gasteiger partial charge is 0.497 e. The zero-order chi connectivity index (χ0) is 14.4. The summed E-state index contributed by atoms with van der Waals surface area (Å²) in [7, 11) is 1.54. The highest BCUT2D eigenvalue weighted by Crippen LogP contribution is 2.12. The number of hydrogen-bond donors (Lipinski definition) is 0. The van der Waals surface area contributed by atoms with Gasteiger partial charge in [-0.25, -0.2) is 4.79 Å². The van der Waals surface area contributed by atoms with E-state index in [1.165, 1.54) is 7.11 Å². The van der Waals surface area contributed by atoms with Gasteiger partial charge >= 0.3 is 11.9 Å². The fraction of sp³-hybridized carbons (Fsp3) is 0.125. The second kappa shape index (κ2) is 6.52. The van der Waals surface area contributed by atoms with Crippen LogP contribution in [0.1, 0.15) is 15.9 Å². The smallest absolute Gasteiger partial charge is 0.345 e. The Kier molecular flexibility index (Phi) is 4.50. The first-order valence-electron chi connectivity index (χ1n) is 6.12. The van der Waals surface area contributed by atoms with Crippen LogP contribution >= 0.6 is 0 Å². The van der Waals surface area contributed by atoms with Gasteiger partial charge in [0.25, 0.3) is 0 Å². The van der Waals surface area contributed by atoms with Gasteiger partial charge in [0, 0.05) is 0 Å². The third-order valence-electron chi connectivity index (χ3n) is 2.72. The minimum Gasteiger partial charge on any atom is -0.497 e. The quantitative estimate of drug-likeness (QED) is 0.633. The summed E-state index contributed by atoms with van der Waals surface area (Å²) < 4.78 is 9.79. The molecule has 20 heavy (non-hydrogen) atoms. The number of carbonyl (C=O) groups is 2. The summed E-state index contributed by atoms with van der Waals surface area (Å²) in [6.07, 6.45) is 0.0722. The Bertz CT molecular complexity index is 588. The standard InChI is InChI=1S/C16H14O4/c1-19-14-9-7-13(8-10-14)16(18)20-15(17)11-12-5-3-2-4-6-12/h2-10H,11H2,1H3. The lowest BCUT2D eigenvalue weighted by Gasteiger charge is -2.04. The molecule has 0 aliphatic rings. The zero-order valence-corrected chi connectivity index (χ0v) is 11.0. The molecule has 4 heteroatoms. The summed E-state index contributed by atoms with van der Waals surface area (Å²) in [6.45, 7) is 0. The van der Waals surface area contributed by atoms with E-state index in [4.69, 9.17) is 9.47 Å². The predicted octanol–water partition coefficient (Wildman–Crippen LogP) is 2.62. The molecule has 0 bridgehead atoms.